The number of hydrogen-bond donors (Lipinski definition) is 2. The number of anilines is 2. The maximum Gasteiger partial charge on any atom is 0.282 e. The van der Waals surface area contributed by atoms with Gasteiger partial charge in [0.15, 0.2) is 5.82 Å². The Hall–Kier alpha value is -3.03. The lowest BCUT2D eigenvalue weighted by Gasteiger charge is -2.07. The number of nitrogen functional groups attached to an aromatic ring is 1. The van der Waals surface area contributed by atoms with Crippen LogP contribution in [-0.2, 0) is 0 Å². The zero-order valence-corrected chi connectivity index (χ0v) is 10.0. The maximum absolute atomic E-state index is 13.4. The molecule has 1 aromatic carbocycles. The third kappa shape index (κ3) is 2.69. The van der Waals surface area contributed by atoms with Crippen molar-refractivity contribution in [3.8, 4) is 0 Å². The van der Waals surface area contributed by atoms with Crippen molar-refractivity contribution >= 4 is 23.0 Å². The zero-order valence-electron chi connectivity index (χ0n) is 10.0. The van der Waals surface area contributed by atoms with Crippen molar-refractivity contribution in [1.82, 2.24) is 4.98 Å². The Balaban J connectivity index is 2.37. The van der Waals surface area contributed by atoms with Crippen LogP contribution in [0.1, 0.15) is 10.4 Å². The predicted molar refractivity (Wildman–Crippen MR) is 69.7 cm³/mol. The minimum absolute atomic E-state index is 0.123. The maximum atomic E-state index is 13.4. The highest BCUT2D eigenvalue weighted by atomic mass is 19.1. The highest BCUT2D eigenvalue weighted by Crippen LogP contribution is 2.23. The van der Waals surface area contributed by atoms with E-state index in [1.54, 1.807) is 0 Å². The second kappa shape index (κ2) is 5.31. The quantitative estimate of drug-likeness (QED) is 0.505. The van der Waals surface area contributed by atoms with Gasteiger partial charge in [-0.1, -0.05) is 0 Å². The van der Waals surface area contributed by atoms with Crippen LogP contribution in [0.2, 0.25) is 0 Å². The second-order valence-corrected chi connectivity index (χ2v) is 3.84. The van der Waals surface area contributed by atoms with Gasteiger partial charge in [-0.05, 0) is 18.2 Å². The summed E-state index contributed by atoms with van der Waals surface area (Å²) in [6, 6.07) is 4.83. The molecule has 0 saturated carbocycles. The van der Waals surface area contributed by atoms with Gasteiger partial charge in [0, 0.05) is 18.0 Å². The number of nitrogens with zero attached hydrogens (tertiary/aromatic N) is 2. The summed E-state index contributed by atoms with van der Waals surface area (Å²) >= 11 is 0. The van der Waals surface area contributed by atoms with E-state index >= 15 is 0 Å². The summed E-state index contributed by atoms with van der Waals surface area (Å²) in [7, 11) is 0. The summed E-state index contributed by atoms with van der Waals surface area (Å²) in [6.45, 7) is 0. The Bertz CT molecular complexity index is 690. The molecule has 0 aliphatic rings. The normalized spacial score (nSPS) is 10.1. The van der Waals surface area contributed by atoms with E-state index in [2.05, 4.69) is 10.3 Å². The number of nitrogens with two attached hydrogens (primary N) is 1. The van der Waals surface area contributed by atoms with Crippen molar-refractivity contribution in [2.24, 2.45) is 0 Å². The molecule has 8 heteroatoms. The van der Waals surface area contributed by atoms with E-state index < -0.39 is 22.3 Å². The molecule has 2 rings (SSSR count). The van der Waals surface area contributed by atoms with E-state index in [0.29, 0.717) is 0 Å². The van der Waals surface area contributed by atoms with Crippen molar-refractivity contribution in [1.29, 1.82) is 0 Å². The summed E-state index contributed by atoms with van der Waals surface area (Å²) in [6.07, 6.45) is 2.20. The first-order chi connectivity index (χ1) is 9.49. The third-order valence-electron chi connectivity index (χ3n) is 2.48. The average molecular weight is 276 g/mol. The van der Waals surface area contributed by atoms with Crippen molar-refractivity contribution < 1.29 is 14.1 Å². The van der Waals surface area contributed by atoms with Crippen molar-refractivity contribution in [3.05, 3.63) is 58.2 Å². The molecule has 20 heavy (non-hydrogen) atoms. The monoisotopic (exact) mass is 276 g/mol. The number of nitro groups is 1. The molecule has 0 radical (unpaired) electrons. The number of hydrogen-bond acceptors (Lipinski definition) is 5. The Morgan fingerprint density at radius 1 is 1.40 bits per heavy atom. The number of rotatable bonds is 3. The molecule has 1 amide bonds. The lowest BCUT2D eigenvalue weighted by molar-refractivity contribution is -0.385. The highest BCUT2D eigenvalue weighted by Gasteiger charge is 2.21. The molecule has 0 spiro atoms. The Labute approximate surface area is 112 Å². The summed E-state index contributed by atoms with van der Waals surface area (Å²) in [5, 5.41) is 13.1. The predicted octanol–water partition coefficient (Wildman–Crippen LogP) is 1.96. The van der Waals surface area contributed by atoms with Gasteiger partial charge in [-0.25, -0.2) is 4.39 Å². The van der Waals surface area contributed by atoms with Gasteiger partial charge in [-0.3, -0.25) is 19.9 Å². The van der Waals surface area contributed by atoms with Gasteiger partial charge in [0.05, 0.1) is 16.8 Å². The number of nitro benzene ring substituents is 1. The fourth-order valence-corrected chi connectivity index (χ4v) is 1.56. The fourth-order valence-electron chi connectivity index (χ4n) is 1.56. The number of pyridine rings is 1. The van der Waals surface area contributed by atoms with E-state index in [1.807, 2.05) is 0 Å². The molecular formula is C12H9FN4O3. The Morgan fingerprint density at radius 3 is 2.80 bits per heavy atom. The van der Waals surface area contributed by atoms with Gasteiger partial charge in [0.2, 0.25) is 0 Å². The van der Waals surface area contributed by atoms with Gasteiger partial charge < -0.3 is 11.1 Å². The molecule has 2 aromatic rings. The molecule has 0 bridgehead atoms. The SMILES string of the molecule is Nc1ccc([N+](=O)[O-])c(C(=O)Nc2ccncc2F)c1. The van der Waals surface area contributed by atoms with Gasteiger partial charge in [-0.2, -0.15) is 0 Å². The number of carbonyl (C=O) groups is 1. The lowest BCUT2D eigenvalue weighted by Crippen LogP contribution is -2.15. The Kier molecular flexibility index (Phi) is 3.56. The summed E-state index contributed by atoms with van der Waals surface area (Å²) in [5.41, 5.74) is 4.91. The molecule has 1 heterocycles. The van der Waals surface area contributed by atoms with E-state index in [4.69, 9.17) is 5.73 Å². The Morgan fingerprint density at radius 2 is 2.15 bits per heavy atom. The first-order valence-electron chi connectivity index (χ1n) is 5.44. The van der Waals surface area contributed by atoms with Crippen LogP contribution in [0.15, 0.2) is 36.7 Å². The molecule has 1 aromatic heterocycles. The molecule has 0 fully saturated rings. The van der Waals surface area contributed by atoms with Crippen LogP contribution in [0.5, 0.6) is 0 Å². The summed E-state index contributed by atoms with van der Waals surface area (Å²) in [5.74, 6) is -1.57. The third-order valence-corrected chi connectivity index (χ3v) is 2.48. The molecule has 0 atom stereocenters. The smallest absolute Gasteiger partial charge is 0.282 e. The number of carbonyl (C=O) groups excluding carboxylic acids is 1. The van der Waals surface area contributed by atoms with Crippen LogP contribution in [-0.4, -0.2) is 15.8 Å². The largest absolute Gasteiger partial charge is 0.399 e. The van der Waals surface area contributed by atoms with E-state index in [1.165, 1.54) is 18.3 Å². The van der Waals surface area contributed by atoms with Crippen LogP contribution < -0.4 is 11.1 Å². The lowest BCUT2D eigenvalue weighted by atomic mass is 10.1. The molecule has 7 nitrogen and oxygen atoms in total. The highest BCUT2D eigenvalue weighted by molar-refractivity contribution is 6.07. The number of amides is 1. The first kappa shape index (κ1) is 13.4. The number of aromatic nitrogens is 1. The van der Waals surface area contributed by atoms with Gasteiger partial charge in [0.1, 0.15) is 5.56 Å². The molecular weight excluding hydrogens is 267 g/mol. The van der Waals surface area contributed by atoms with Gasteiger partial charge in [0.25, 0.3) is 11.6 Å². The van der Waals surface area contributed by atoms with Crippen LogP contribution in [0.25, 0.3) is 0 Å². The van der Waals surface area contributed by atoms with Crippen LogP contribution >= 0.6 is 0 Å². The average Bonchev–Trinajstić information content (AvgIpc) is 2.40. The number of benzene rings is 1. The topological polar surface area (TPSA) is 111 Å². The van der Waals surface area contributed by atoms with Crippen molar-refractivity contribution in [3.63, 3.8) is 0 Å². The van der Waals surface area contributed by atoms with Gasteiger partial charge in [-0.15, -0.1) is 0 Å². The molecule has 0 aliphatic heterocycles. The standard InChI is InChI=1S/C12H9FN4O3/c13-9-6-15-4-3-10(9)16-12(18)8-5-7(14)1-2-11(8)17(19)20/h1-6H,14H2,(H,15,16,18). The van der Waals surface area contributed by atoms with Crippen LogP contribution in [0, 0.1) is 15.9 Å². The second-order valence-electron chi connectivity index (χ2n) is 3.84. The van der Waals surface area contributed by atoms with Gasteiger partial charge >= 0.3 is 0 Å². The molecule has 102 valence electrons. The molecule has 0 saturated heterocycles. The fraction of sp³-hybridized carbons (Fsp3) is 0. The van der Waals surface area contributed by atoms with Crippen molar-refractivity contribution in [2.75, 3.05) is 11.1 Å². The summed E-state index contributed by atoms with van der Waals surface area (Å²) < 4.78 is 13.4. The number of nitrogens with one attached hydrogen (secondary N) is 1. The van der Waals surface area contributed by atoms with E-state index in [9.17, 15) is 19.3 Å². The molecule has 3 N–H and O–H groups in total. The van der Waals surface area contributed by atoms with E-state index in [0.717, 1.165) is 18.3 Å². The van der Waals surface area contributed by atoms with Crippen LogP contribution in [0.3, 0.4) is 0 Å². The summed E-state index contributed by atoms with van der Waals surface area (Å²) in [4.78, 5) is 25.7. The number of halogens is 1. The van der Waals surface area contributed by atoms with Crippen LogP contribution in [0.4, 0.5) is 21.5 Å². The van der Waals surface area contributed by atoms with E-state index in [-0.39, 0.29) is 16.9 Å². The van der Waals surface area contributed by atoms with Crippen molar-refractivity contribution in [2.45, 2.75) is 0 Å². The minimum atomic E-state index is -0.825. The first-order valence-corrected chi connectivity index (χ1v) is 5.44. The molecule has 0 aliphatic carbocycles. The minimum Gasteiger partial charge on any atom is -0.399 e. The zero-order chi connectivity index (χ0) is 14.7. The molecule has 0 unspecified atom stereocenters.